The zero-order valence-electron chi connectivity index (χ0n) is 27.3. The average Bonchev–Trinajstić information content (AvgIpc) is 3.69. The van der Waals surface area contributed by atoms with Gasteiger partial charge in [-0.15, -0.1) is 0 Å². The molecule has 2 aliphatic rings. The van der Waals surface area contributed by atoms with E-state index < -0.39 is 0 Å². The number of rotatable bonds is 11. The van der Waals surface area contributed by atoms with Crippen molar-refractivity contribution in [3.8, 4) is 6.07 Å². The van der Waals surface area contributed by atoms with Crippen molar-refractivity contribution in [2.45, 2.75) is 72.8 Å². The summed E-state index contributed by atoms with van der Waals surface area (Å²) in [7, 11) is 8.91. The van der Waals surface area contributed by atoms with E-state index in [1.54, 1.807) is 27.3 Å². The Bertz CT molecular complexity index is 921. The number of hydrogen-bond donors (Lipinski definition) is 0. The van der Waals surface area contributed by atoms with E-state index >= 15 is 0 Å². The molecule has 0 bridgehead atoms. The lowest BCUT2D eigenvalue weighted by Gasteiger charge is -2.17. The molecule has 1 amide bonds. The van der Waals surface area contributed by atoms with Gasteiger partial charge in [-0.3, -0.25) is 9.79 Å². The largest absolute Gasteiger partial charge is 0.438 e. The van der Waals surface area contributed by atoms with Gasteiger partial charge < -0.3 is 24.0 Å². The van der Waals surface area contributed by atoms with Crippen LogP contribution < -0.4 is 0 Å². The number of nitrogens with zero attached hydrogens (tertiary/aromatic N) is 4. The van der Waals surface area contributed by atoms with Gasteiger partial charge in [0.1, 0.15) is 5.76 Å². The number of methoxy groups -OCH3 is 2. The Morgan fingerprint density at radius 2 is 1.88 bits per heavy atom. The van der Waals surface area contributed by atoms with Crippen molar-refractivity contribution < 1.29 is 19.0 Å². The molecule has 0 radical (unpaired) electrons. The summed E-state index contributed by atoms with van der Waals surface area (Å²) in [5.74, 6) is 1.58. The van der Waals surface area contributed by atoms with Gasteiger partial charge in [0, 0.05) is 78.8 Å². The van der Waals surface area contributed by atoms with E-state index in [9.17, 15) is 4.79 Å². The van der Waals surface area contributed by atoms with E-state index in [2.05, 4.69) is 18.2 Å². The highest BCUT2D eigenvalue weighted by molar-refractivity contribution is 6.31. The highest BCUT2D eigenvalue weighted by atomic mass is 35.5. The quantitative estimate of drug-likeness (QED) is 0.0642. The first-order valence-corrected chi connectivity index (χ1v) is 14.6. The number of amides is 1. The Kier molecular flexibility index (Phi) is 22.8. The third-order valence-electron chi connectivity index (χ3n) is 6.61. The Morgan fingerprint density at radius 1 is 1.27 bits per heavy atom. The normalized spacial score (nSPS) is 19.8. The molecule has 8 nitrogen and oxygen atoms in total. The fraction of sp³-hybridized carbons (Fsp3) is 0.656. The number of aliphatic imine (C=N–C) groups is 1. The summed E-state index contributed by atoms with van der Waals surface area (Å²) in [6.07, 6.45) is 10.2. The van der Waals surface area contributed by atoms with Gasteiger partial charge in [-0.25, -0.2) is 0 Å². The van der Waals surface area contributed by atoms with E-state index in [1.165, 1.54) is 25.7 Å². The number of carbonyl (C=O) groups is 1. The molecule has 41 heavy (non-hydrogen) atoms. The van der Waals surface area contributed by atoms with E-state index in [0.29, 0.717) is 34.4 Å². The summed E-state index contributed by atoms with van der Waals surface area (Å²) < 4.78 is 15.4. The third-order valence-corrected chi connectivity index (χ3v) is 6.97. The molecule has 1 aliphatic heterocycles. The Hall–Kier alpha value is -2.60. The molecule has 9 heteroatoms. The fourth-order valence-electron chi connectivity index (χ4n) is 4.07. The number of hydrogen-bond acceptors (Lipinski definition) is 7. The van der Waals surface area contributed by atoms with Crippen LogP contribution in [-0.2, 0) is 19.0 Å². The van der Waals surface area contributed by atoms with Crippen molar-refractivity contribution in [3.05, 3.63) is 47.4 Å². The van der Waals surface area contributed by atoms with Crippen LogP contribution in [0.5, 0.6) is 0 Å². The lowest BCUT2D eigenvalue weighted by Crippen LogP contribution is -2.24. The molecule has 2 rings (SSSR count). The maximum Gasteiger partial charge on any atom is 0.218 e. The van der Waals surface area contributed by atoms with Gasteiger partial charge in [-0.1, -0.05) is 44.7 Å². The molecule has 2 unspecified atom stereocenters. The summed E-state index contributed by atoms with van der Waals surface area (Å²) in [6, 6.07) is 1.94. The van der Waals surface area contributed by atoms with Gasteiger partial charge in [-0.05, 0) is 57.8 Å². The minimum Gasteiger partial charge on any atom is -0.438 e. The molecule has 1 saturated heterocycles. The van der Waals surface area contributed by atoms with Crippen molar-refractivity contribution in [2.75, 3.05) is 55.1 Å². The van der Waals surface area contributed by atoms with Gasteiger partial charge >= 0.3 is 0 Å². The molecule has 1 saturated carbocycles. The van der Waals surface area contributed by atoms with E-state index in [0.717, 1.165) is 37.6 Å². The van der Waals surface area contributed by atoms with E-state index in [4.69, 9.17) is 31.1 Å². The molecule has 2 atom stereocenters. The number of nitriles is 1. The molecule has 0 aromatic carbocycles. The molecule has 1 aliphatic carbocycles. The second-order valence-corrected chi connectivity index (χ2v) is 10.7. The van der Waals surface area contributed by atoms with E-state index in [1.807, 2.05) is 70.8 Å². The van der Waals surface area contributed by atoms with Gasteiger partial charge in [0.05, 0.1) is 17.2 Å². The molecule has 1 heterocycles. The summed E-state index contributed by atoms with van der Waals surface area (Å²) >= 11 is 6.04. The number of fused-ring (bicyclic) bond motifs is 1. The number of carbonyl (C=O) groups excluding carboxylic acids is 1. The lowest BCUT2D eigenvalue weighted by atomic mass is 9.95. The maximum atomic E-state index is 10.7. The number of halogens is 1. The number of allylic oxidation sites excluding steroid dienone is 3. The zero-order chi connectivity index (χ0) is 32.0. The lowest BCUT2D eigenvalue weighted by molar-refractivity contribution is -0.118. The molecule has 2 fully saturated rings. The smallest absolute Gasteiger partial charge is 0.218 e. The van der Waals surface area contributed by atoms with Crippen molar-refractivity contribution in [1.82, 2.24) is 9.80 Å². The molecule has 0 aromatic rings. The summed E-state index contributed by atoms with van der Waals surface area (Å²) in [4.78, 5) is 18.5. The first kappa shape index (κ1) is 40.5. The Morgan fingerprint density at radius 3 is 2.34 bits per heavy atom. The van der Waals surface area contributed by atoms with Gasteiger partial charge in [0.2, 0.25) is 12.3 Å². The van der Waals surface area contributed by atoms with Crippen LogP contribution >= 0.6 is 11.6 Å². The van der Waals surface area contributed by atoms with Crippen LogP contribution in [0.1, 0.15) is 66.7 Å². The second kappa shape index (κ2) is 23.0. The minimum absolute atomic E-state index is 0.282. The zero-order valence-corrected chi connectivity index (χ0v) is 28.0. The minimum atomic E-state index is 0.282. The molecule has 0 N–H and O–H groups in total. The van der Waals surface area contributed by atoms with Crippen molar-refractivity contribution >= 4 is 23.9 Å². The maximum absolute atomic E-state index is 10.7. The van der Waals surface area contributed by atoms with Gasteiger partial charge in [0.15, 0.2) is 0 Å². The average molecular weight is 595 g/mol. The van der Waals surface area contributed by atoms with Crippen LogP contribution in [0.3, 0.4) is 0 Å². The molecular formula is C32H55ClN4O4. The van der Waals surface area contributed by atoms with Crippen LogP contribution in [0, 0.1) is 22.7 Å². The van der Waals surface area contributed by atoms with Crippen LogP contribution in [0.25, 0.3) is 0 Å². The Labute approximate surface area is 255 Å². The van der Waals surface area contributed by atoms with Gasteiger partial charge in [0.25, 0.3) is 0 Å². The first-order valence-electron chi connectivity index (χ1n) is 14.2. The predicted molar refractivity (Wildman–Crippen MR) is 172 cm³/mol. The summed E-state index contributed by atoms with van der Waals surface area (Å²) in [6.45, 7) is 20.0. The van der Waals surface area contributed by atoms with Crippen LogP contribution in [0.15, 0.2) is 52.4 Å². The van der Waals surface area contributed by atoms with E-state index in [-0.39, 0.29) is 5.76 Å². The van der Waals surface area contributed by atoms with Crippen LogP contribution in [0.4, 0.5) is 0 Å². The number of ether oxygens (including phenoxy) is 3. The molecular weight excluding hydrogens is 540 g/mol. The topological polar surface area (TPSA) is 87.4 Å². The Balaban J connectivity index is 0. The monoisotopic (exact) mass is 594 g/mol. The van der Waals surface area contributed by atoms with Crippen LogP contribution in [-0.4, -0.2) is 83.3 Å². The van der Waals surface area contributed by atoms with Crippen molar-refractivity contribution in [3.63, 3.8) is 0 Å². The predicted octanol–water partition coefficient (Wildman–Crippen LogP) is 6.95. The highest BCUT2D eigenvalue weighted by Gasteiger charge is 2.53. The summed E-state index contributed by atoms with van der Waals surface area (Å²) in [5.41, 5.74) is 1.81. The number of likely N-dealkylation sites (tertiary alicyclic amines) is 1. The fourth-order valence-corrected chi connectivity index (χ4v) is 4.19. The van der Waals surface area contributed by atoms with Crippen LogP contribution in [0.2, 0.25) is 0 Å². The van der Waals surface area contributed by atoms with Crippen molar-refractivity contribution in [1.29, 1.82) is 5.26 Å². The SMILES string of the molecule is C=C(C#N)CC=C(Cl)C(=C)OC(=NC)/C(C)=C\N(C)C.CC.COC(C)C.COCCC12CCN(C=O)CCC1C2. The standard InChI is InChI=1S/C15H20ClN3O.C11H19NO2.C4H10O.C2H6/c1-11(9-17)7-8-14(16)13(3)20-15(18-4)12(2)10-19(5)6;1-14-7-4-11-3-6-12(9-13)5-2-10(11)8-11;1-4(2)5-3;1-2/h8,10H,1,3,7H2,2,4-6H3;9-10H,2-8H2,1H3;4H,1-3H3;1-2H3/b12-10-,14-8?,18-15?;;;. The molecule has 0 spiro atoms. The molecule has 234 valence electrons. The summed E-state index contributed by atoms with van der Waals surface area (Å²) in [5, 5.41) is 8.95. The highest BCUT2D eigenvalue weighted by Crippen LogP contribution is 2.60. The second-order valence-electron chi connectivity index (χ2n) is 10.3. The van der Waals surface area contributed by atoms with Gasteiger partial charge in [-0.2, -0.15) is 5.26 Å². The third kappa shape index (κ3) is 17.7. The molecule has 0 aromatic heterocycles. The van der Waals surface area contributed by atoms with Crippen molar-refractivity contribution in [2.24, 2.45) is 16.3 Å². The first-order chi connectivity index (χ1) is 19.4.